The second-order valence-electron chi connectivity index (χ2n) is 3.55. The van der Waals surface area contributed by atoms with Crippen molar-refractivity contribution in [3.05, 3.63) is 32.7 Å². The van der Waals surface area contributed by atoms with E-state index in [1.165, 1.54) is 0 Å². The highest BCUT2D eigenvalue weighted by molar-refractivity contribution is 9.13. The van der Waals surface area contributed by atoms with E-state index < -0.39 is 5.38 Å². The van der Waals surface area contributed by atoms with Crippen molar-refractivity contribution in [2.45, 2.75) is 19.2 Å². The van der Waals surface area contributed by atoms with Crippen molar-refractivity contribution in [3.8, 4) is 0 Å². The first kappa shape index (κ1) is 15.0. The van der Waals surface area contributed by atoms with Gasteiger partial charge in [-0.1, -0.05) is 6.07 Å². The summed E-state index contributed by atoms with van der Waals surface area (Å²) in [4.78, 5) is 13.8. The van der Waals surface area contributed by atoms with Crippen LogP contribution in [0.25, 0.3) is 0 Å². The van der Waals surface area contributed by atoms with Gasteiger partial charge in [-0.15, -0.1) is 11.6 Å². The maximum absolute atomic E-state index is 12.1. The Morgan fingerprint density at radius 2 is 1.88 bits per heavy atom. The third-order valence-electron chi connectivity index (χ3n) is 2.53. The molecule has 0 saturated carbocycles. The van der Waals surface area contributed by atoms with Crippen LogP contribution in [0.2, 0.25) is 0 Å². The van der Waals surface area contributed by atoms with Gasteiger partial charge in [0.1, 0.15) is 5.38 Å². The summed E-state index contributed by atoms with van der Waals surface area (Å²) in [5.41, 5.74) is 0.804. The molecule has 1 amide bonds. The standard InChI is InChI=1S/C12H14Br2ClNO/c1-3-16(4-2)12(17)11(15)8-5-6-9(13)10(14)7-8/h5-7,11H,3-4H2,1-2H3. The number of amides is 1. The minimum Gasteiger partial charge on any atom is -0.342 e. The number of hydrogen-bond acceptors (Lipinski definition) is 1. The fraction of sp³-hybridized carbons (Fsp3) is 0.417. The highest BCUT2D eigenvalue weighted by atomic mass is 79.9. The molecule has 0 saturated heterocycles. The van der Waals surface area contributed by atoms with Gasteiger partial charge in [-0.05, 0) is 63.4 Å². The molecule has 1 atom stereocenters. The van der Waals surface area contributed by atoms with E-state index in [1.807, 2.05) is 32.0 Å². The molecule has 0 aliphatic carbocycles. The molecule has 5 heteroatoms. The molecule has 0 aromatic heterocycles. The van der Waals surface area contributed by atoms with Crippen LogP contribution in [-0.2, 0) is 4.79 Å². The van der Waals surface area contributed by atoms with E-state index >= 15 is 0 Å². The quantitative estimate of drug-likeness (QED) is 0.708. The Balaban J connectivity index is 2.92. The van der Waals surface area contributed by atoms with Crippen LogP contribution in [0.3, 0.4) is 0 Å². The van der Waals surface area contributed by atoms with Crippen LogP contribution in [0.4, 0.5) is 0 Å². The number of carbonyl (C=O) groups excluding carboxylic acids is 1. The molecule has 0 heterocycles. The predicted octanol–water partition coefficient (Wildman–Crippen LogP) is 4.36. The summed E-state index contributed by atoms with van der Waals surface area (Å²) in [5, 5.41) is -0.626. The van der Waals surface area contributed by atoms with Crippen LogP contribution in [0.15, 0.2) is 27.1 Å². The molecule has 1 unspecified atom stereocenters. The van der Waals surface area contributed by atoms with E-state index in [4.69, 9.17) is 11.6 Å². The number of alkyl halides is 1. The molecule has 0 N–H and O–H groups in total. The Hall–Kier alpha value is -0.0600. The topological polar surface area (TPSA) is 20.3 Å². The van der Waals surface area contributed by atoms with Crippen LogP contribution in [0.5, 0.6) is 0 Å². The van der Waals surface area contributed by atoms with E-state index in [1.54, 1.807) is 4.90 Å². The minimum absolute atomic E-state index is 0.0501. The molecule has 0 aliphatic rings. The molecular formula is C12H14Br2ClNO. The SMILES string of the molecule is CCN(CC)C(=O)C(Cl)c1ccc(Br)c(Br)c1. The maximum Gasteiger partial charge on any atom is 0.245 e. The first-order chi connectivity index (χ1) is 8.01. The van der Waals surface area contributed by atoms with Gasteiger partial charge >= 0.3 is 0 Å². The summed E-state index contributed by atoms with van der Waals surface area (Å²) in [6.45, 7) is 5.25. The monoisotopic (exact) mass is 381 g/mol. The van der Waals surface area contributed by atoms with Gasteiger partial charge in [-0.3, -0.25) is 4.79 Å². The number of rotatable bonds is 4. The van der Waals surface area contributed by atoms with Gasteiger partial charge in [-0.2, -0.15) is 0 Å². The van der Waals surface area contributed by atoms with Gasteiger partial charge in [0.2, 0.25) is 5.91 Å². The summed E-state index contributed by atoms with van der Waals surface area (Å²) < 4.78 is 1.84. The Labute approximate surface area is 124 Å². The molecule has 1 rings (SSSR count). The van der Waals surface area contributed by atoms with Crippen molar-refractivity contribution in [3.63, 3.8) is 0 Å². The van der Waals surface area contributed by atoms with E-state index in [0.29, 0.717) is 13.1 Å². The fourth-order valence-corrected chi connectivity index (χ4v) is 2.43. The highest BCUT2D eigenvalue weighted by Gasteiger charge is 2.22. The van der Waals surface area contributed by atoms with Crippen LogP contribution < -0.4 is 0 Å². The predicted molar refractivity (Wildman–Crippen MR) is 78.4 cm³/mol. The van der Waals surface area contributed by atoms with Gasteiger partial charge in [-0.25, -0.2) is 0 Å². The summed E-state index contributed by atoms with van der Waals surface area (Å²) >= 11 is 13.0. The van der Waals surface area contributed by atoms with E-state index in [2.05, 4.69) is 31.9 Å². The van der Waals surface area contributed by atoms with Gasteiger partial charge in [0.25, 0.3) is 0 Å². The van der Waals surface area contributed by atoms with Crippen molar-refractivity contribution >= 4 is 49.4 Å². The summed E-state index contributed by atoms with van der Waals surface area (Å²) in [6.07, 6.45) is 0. The Bertz CT molecular complexity index is 407. The molecule has 0 spiro atoms. The molecular weight excluding hydrogens is 369 g/mol. The van der Waals surface area contributed by atoms with Crippen LogP contribution >= 0.6 is 43.5 Å². The van der Waals surface area contributed by atoms with Crippen molar-refractivity contribution < 1.29 is 4.79 Å². The lowest BCUT2D eigenvalue weighted by Gasteiger charge is -2.22. The maximum atomic E-state index is 12.1. The number of nitrogens with zero attached hydrogens (tertiary/aromatic N) is 1. The number of hydrogen-bond donors (Lipinski definition) is 0. The summed E-state index contributed by atoms with van der Waals surface area (Å²) in [7, 11) is 0. The molecule has 0 bridgehead atoms. The van der Waals surface area contributed by atoms with Crippen molar-refractivity contribution in [1.29, 1.82) is 0 Å². The normalized spacial score (nSPS) is 12.3. The zero-order valence-electron chi connectivity index (χ0n) is 9.71. The average molecular weight is 384 g/mol. The number of likely N-dealkylation sites (N-methyl/N-ethyl adjacent to an activating group) is 1. The highest BCUT2D eigenvalue weighted by Crippen LogP contribution is 2.30. The minimum atomic E-state index is -0.626. The van der Waals surface area contributed by atoms with Gasteiger partial charge < -0.3 is 4.90 Å². The van der Waals surface area contributed by atoms with Crippen molar-refractivity contribution in [2.75, 3.05) is 13.1 Å². The largest absolute Gasteiger partial charge is 0.342 e. The smallest absolute Gasteiger partial charge is 0.245 e. The molecule has 94 valence electrons. The van der Waals surface area contributed by atoms with Crippen LogP contribution in [0, 0.1) is 0 Å². The molecule has 0 aliphatic heterocycles. The van der Waals surface area contributed by atoms with E-state index in [0.717, 1.165) is 14.5 Å². The Morgan fingerprint density at radius 1 is 1.29 bits per heavy atom. The molecule has 1 aromatic carbocycles. The zero-order valence-corrected chi connectivity index (χ0v) is 13.6. The third kappa shape index (κ3) is 3.70. The Kier molecular flexibility index (Phi) is 5.97. The lowest BCUT2D eigenvalue weighted by atomic mass is 10.1. The van der Waals surface area contributed by atoms with Crippen molar-refractivity contribution in [2.24, 2.45) is 0 Å². The number of carbonyl (C=O) groups is 1. The lowest BCUT2D eigenvalue weighted by Crippen LogP contribution is -2.33. The van der Waals surface area contributed by atoms with Crippen molar-refractivity contribution in [1.82, 2.24) is 4.90 Å². The second-order valence-corrected chi connectivity index (χ2v) is 5.69. The first-order valence-electron chi connectivity index (χ1n) is 5.39. The molecule has 0 radical (unpaired) electrons. The average Bonchev–Trinajstić information content (AvgIpc) is 2.33. The van der Waals surface area contributed by atoms with Gasteiger partial charge in [0, 0.05) is 22.0 Å². The third-order valence-corrected chi connectivity index (χ3v) is 4.85. The molecule has 2 nitrogen and oxygen atoms in total. The molecule has 0 fully saturated rings. The lowest BCUT2D eigenvalue weighted by molar-refractivity contribution is -0.130. The summed E-state index contributed by atoms with van der Waals surface area (Å²) in [5.74, 6) is -0.0501. The van der Waals surface area contributed by atoms with Gasteiger partial charge in [0.05, 0.1) is 0 Å². The van der Waals surface area contributed by atoms with Crippen LogP contribution in [-0.4, -0.2) is 23.9 Å². The fourth-order valence-electron chi connectivity index (χ4n) is 1.51. The van der Waals surface area contributed by atoms with Gasteiger partial charge in [0.15, 0.2) is 0 Å². The van der Waals surface area contributed by atoms with Crippen LogP contribution in [0.1, 0.15) is 24.8 Å². The van der Waals surface area contributed by atoms with E-state index in [-0.39, 0.29) is 5.91 Å². The number of benzene rings is 1. The number of halogens is 3. The second kappa shape index (κ2) is 6.76. The first-order valence-corrected chi connectivity index (χ1v) is 7.41. The molecule has 1 aromatic rings. The van der Waals surface area contributed by atoms with E-state index in [9.17, 15) is 4.79 Å². The Morgan fingerprint density at radius 3 is 2.35 bits per heavy atom. The summed E-state index contributed by atoms with van der Waals surface area (Å²) in [6, 6.07) is 5.60. The zero-order chi connectivity index (χ0) is 13.0. The molecule has 17 heavy (non-hydrogen) atoms.